The number of nitrogens with zero attached hydrogens (tertiary/aromatic N) is 3. The molecule has 2 aliphatic rings. The van der Waals surface area contributed by atoms with Crippen LogP contribution in [0.25, 0.3) is 0 Å². The third-order valence-electron chi connectivity index (χ3n) is 8.58. The van der Waals surface area contributed by atoms with Gasteiger partial charge in [-0.25, -0.2) is 0 Å². The van der Waals surface area contributed by atoms with Gasteiger partial charge in [0, 0.05) is 73.3 Å². The minimum atomic E-state index is -0.217. The van der Waals surface area contributed by atoms with E-state index in [-0.39, 0.29) is 29.3 Å². The SMILES string of the molecule is CCC(C)NC(=O)c1ccc(N2CC3CC(C2)c2cccc(=O)n2C3)c(NC(=O)c2ccc(N(CC)CC)cc2)c1. The molecule has 8 nitrogen and oxygen atoms in total. The summed E-state index contributed by atoms with van der Waals surface area (Å²) in [6.45, 7) is 12.2. The highest BCUT2D eigenvalue weighted by atomic mass is 16.2. The van der Waals surface area contributed by atoms with Crippen LogP contribution in [-0.4, -0.2) is 48.6 Å². The van der Waals surface area contributed by atoms with E-state index < -0.39 is 0 Å². The van der Waals surface area contributed by atoms with Gasteiger partial charge in [-0.1, -0.05) is 13.0 Å². The van der Waals surface area contributed by atoms with Gasteiger partial charge in [-0.2, -0.15) is 0 Å². The first-order valence-electron chi connectivity index (χ1n) is 14.9. The van der Waals surface area contributed by atoms with Crippen molar-refractivity contribution in [3.05, 3.63) is 87.8 Å². The normalized spacial score (nSPS) is 18.3. The van der Waals surface area contributed by atoms with Crippen LogP contribution in [0, 0.1) is 5.92 Å². The summed E-state index contributed by atoms with van der Waals surface area (Å²) in [4.78, 5) is 43.6. The number of fused-ring (bicyclic) bond motifs is 4. The Labute approximate surface area is 242 Å². The van der Waals surface area contributed by atoms with Gasteiger partial charge in [0.15, 0.2) is 0 Å². The summed E-state index contributed by atoms with van der Waals surface area (Å²) in [5.41, 5.74) is 4.78. The molecule has 2 aliphatic heterocycles. The van der Waals surface area contributed by atoms with Crippen LogP contribution in [0.4, 0.5) is 17.1 Å². The van der Waals surface area contributed by atoms with Gasteiger partial charge in [0.25, 0.3) is 17.4 Å². The van der Waals surface area contributed by atoms with Gasteiger partial charge in [-0.05, 0) is 88.1 Å². The highest BCUT2D eigenvalue weighted by molar-refractivity contribution is 6.07. The minimum absolute atomic E-state index is 0.0504. The first-order valence-corrected chi connectivity index (χ1v) is 14.9. The smallest absolute Gasteiger partial charge is 0.255 e. The second kappa shape index (κ2) is 12.2. The fraction of sp³-hybridized carbons (Fsp3) is 0.424. The lowest BCUT2D eigenvalue weighted by atomic mass is 9.83. The van der Waals surface area contributed by atoms with Gasteiger partial charge < -0.3 is 25.0 Å². The van der Waals surface area contributed by atoms with Gasteiger partial charge in [0.05, 0.1) is 11.4 Å². The molecule has 2 N–H and O–H groups in total. The van der Waals surface area contributed by atoms with Gasteiger partial charge in [-0.15, -0.1) is 0 Å². The molecule has 3 atom stereocenters. The quantitative estimate of drug-likeness (QED) is 0.384. The summed E-state index contributed by atoms with van der Waals surface area (Å²) in [7, 11) is 0. The summed E-state index contributed by atoms with van der Waals surface area (Å²) in [6.07, 6.45) is 1.87. The number of amides is 2. The number of piperidine rings is 1. The molecule has 5 rings (SSSR count). The average Bonchev–Trinajstić information content (AvgIpc) is 2.98. The van der Waals surface area contributed by atoms with Crippen molar-refractivity contribution in [3.63, 3.8) is 0 Å². The number of anilines is 3. The van der Waals surface area contributed by atoms with Crippen LogP contribution in [0.15, 0.2) is 65.5 Å². The van der Waals surface area contributed by atoms with Crippen LogP contribution in [0.5, 0.6) is 0 Å². The van der Waals surface area contributed by atoms with E-state index in [1.165, 1.54) is 0 Å². The van der Waals surface area contributed by atoms with Crippen molar-refractivity contribution in [3.8, 4) is 0 Å². The Bertz CT molecular complexity index is 1460. The van der Waals surface area contributed by atoms with Gasteiger partial charge in [-0.3, -0.25) is 14.4 Å². The molecule has 1 fully saturated rings. The Balaban J connectivity index is 1.45. The number of rotatable bonds is 9. The third kappa shape index (κ3) is 6.01. The van der Waals surface area contributed by atoms with Crippen LogP contribution >= 0.6 is 0 Å². The maximum absolute atomic E-state index is 13.5. The molecule has 2 aromatic carbocycles. The van der Waals surface area contributed by atoms with Crippen molar-refractivity contribution >= 4 is 28.9 Å². The van der Waals surface area contributed by atoms with Crippen LogP contribution < -0.4 is 26.0 Å². The van der Waals surface area contributed by atoms with E-state index in [0.717, 1.165) is 56.1 Å². The standard InChI is InChI=1S/C33H41N5O3/c1-5-22(4)34-33(41)25-13-16-30(37-19-23-17-26(21-37)29-9-8-10-31(39)38(29)20-23)28(18-25)35-32(40)24-11-14-27(15-12-24)36(6-2)7-3/h8-16,18,22-23,26H,5-7,17,19-21H2,1-4H3,(H,34,41)(H,35,40). The molecule has 216 valence electrons. The Morgan fingerprint density at radius 2 is 1.66 bits per heavy atom. The van der Waals surface area contributed by atoms with E-state index in [4.69, 9.17) is 0 Å². The molecule has 8 heteroatoms. The third-order valence-corrected chi connectivity index (χ3v) is 8.58. The number of pyridine rings is 1. The number of hydrogen-bond acceptors (Lipinski definition) is 5. The summed E-state index contributed by atoms with van der Waals surface area (Å²) in [5, 5.41) is 6.16. The highest BCUT2D eigenvalue weighted by Crippen LogP contribution is 2.39. The van der Waals surface area contributed by atoms with Crippen molar-refractivity contribution < 1.29 is 9.59 Å². The predicted molar refractivity (Wildman–Crippen MR) is 165 cm³/mol. The average molecular weight is 556 g/mol. The Hall–Kier alpha value is -4.07. The Kier molecular flexibility index (Phi) is 8.47. The van der Waals surface area contributed by atoms with Crippen molar-refractivity contribution in [2.24, 2.45) is 5.92 Å². The molecule has 3 unspecified atom stereocenters. The highest BCUT2D eigenvalue weighted by Gasteiger charge is 2.35. The van der Waals surface area contributed by atoms with Gasteiger partial charge in [0.1, 0.15) is 0 Å². The first kappa shape index (κ1) is 28.5. The van der Waals surface area contributed by atoms with E-state index in [1.54, 1.807) is 12.1 Å². The lowest BCUT2D eigenvalue weighted by Gasteiger charge is -2.44. The van der Waals surface area contributed by atoms with Crippen molar-refractivity contribution in [1.82, 2.24) is 9.88 Å². The molecule has 0 saturated carbocycles. The number of aromatic nitrogens is 1. The van der Waals surface area contributed by atoms with Crippen LogP contribution in [0.2, 0.25) is 0 Å². The van der Waals surface area contributed by atoms with Gasteiger partial charge in [0.2, 0.25) is 0 Å². The number of carbonyl (C=O) groups excluding carboxylic acids is 2. The maximum atomic E-state index is 13.5. The molecule has 3 aromatic rings. The molecule has 0 spiro atoms. The summed E-state index contributed by atoms with van der Waals surface area (Å²) >= 11 is 0. The Morgan fingerprint density at radius 3 is 2.37 bits per heavy atom. The molecule has 0 radical (unpaired) electrons. The second-order valence-electron chi connectivity index (χ2n) is 11.3. The second-order valence-corrected chi connectivity index (χ2v) is 11.3. The van der Waals surface area contributed by atoms with Crippen molar-refractivity contribution in [2.75, 3.05) is 41.3 Å². The first-order chi connectivity index (χ1) is 19.8. The lowest BCUT2D eigenvalue weighted by molar-refractivity contribution is 0.0938. The maximum Gasteiger partial charge on any atom is 0.255 e. The molecule has 0 aliphatic carbocycles. The molecular formula is C33H41N5O3. The zero-order valence-corrected chi connectivity index (χ0v) is 24.5. The number of carbonyl (C=O) groups is 2. The number of benzene rings is 2. The Morgan fingerprint density at radius 1 is 0.927 bits per heavy atom. The molecule has 41 heavy (non-hydrogen) atoms. The van der Waals surface area contributed by atoms with Crippen LogP contribution in [-0.2, 0) is 6.54 Å². The van der Waals surface area contributed by atoms with E-state index in [0.29, 0.717) is 29.3 Å². The summed E-state index contributed by atoms with van der Waals surface area (Å²) < 4.78 is 1.92. The molecular weight excluding hydrogens is 514 g/mol. The van der Waals surface area contributed by atoms with E-state index >= 15 is 0 Å². The minimum Gasteiger partial charge on any atom is -0.372 e. The fourth-order valence-corrected chi connectivity index (χ4v) is 6.16. The van der Waals surface area contributed by atoms with Crippen LogP contribution in [0.1, 0.15) is 72.9 Å². The summed E-state index contributed by atoms with van der Waals surface area (Å²) in [5.74, 6) is 0.173. The van der Waals surface area contributed by atoms with E-state index in [1.807, 2.05) is 60.9 Å². The molecule has 1 aromatic heterocycles. The molecule has 1 saturated heterocycles. The van der Waals surface area contributed by atoms with Crippen molar-refractivity contribution in [2.45, 2.75) is 59.0 Å². The lowest BCUT2D eigenvalue weighted by Crippen LogP contribution is -2.47. The largest absolute Gasteiger partial charge is 0.372 e. The van der Waals surface area contributed by atoms with E-state index in [9.17, 15) is 14.4 Å². The molecule has 3 heterocycles. The number of nitrogens with one attached hydrogen (secondary N) is 2. The van der Waals surface area contributed by atoms with Crippen molar-refractivity contribution in [1.29, 1.82) is 0 Å². The summed E-state index contributed by atoms with van der Waals surface area (Å²) in [6, 6.07) is 18.8. The van der Waals surface area contributed by atoms with Crippen LogP contribution in [0.3, 0.4) is 0 Å². The predicted octanol–water partition coefficient (Wildman–Crippen LogP) is 5.10. The number of hydrogen-bond donors (Lipinski definition) is 2. The fourth-order valence-electron chi connectivity index (χ4n) is 6.16. The topological polar surface area (TPSA) is 86.7 Å². The zero-order chi connectivity index (χ0) is 29.1. The zero-order valence-electron chi connectivity index (χ0n) is 24.5. The van der Waals surface area contributed by atoms with E-state index in [2.05, 4.69) is 40.3 Å². The van der Waals surface area contributed by atoms with Gasteiger partial charge >= 0.3 is 0 Å². The molecule has 2 amide bonds. The monoisotopic (exact) mass is 555 g/mol. The molecule has 2 bridgehead atoms.